The molecule has 1 heterocycles. The molecule has 3 rings (SSSR count). The van der Waals surface area contributed by atoms with Crippen LogP contribution in [0.5, 0.6) is 5.75 Å². The zero-order valence-corrected chi connectivity index (χ0v) is 14.5. The summed E-state index contributed by atoms with van der Waals surface area (Å²) < 4.78 is 20.5. The highest BCUT2D eigenvalue weighted by molar-refractivity contribution is 5.84. The number of rotatable bonds is 6. The third kappa shape index (κ3) is 4.05. The number of hydrogen-bond acceptors (Lipinski definition) is 4. The van der Waals surface area contributed by atoms with Gasteiger partial charge in [0.2, 0.25) is 0 Å². The van der Waals surface area contributed by atoms with Crippen LogP contribution in [0.1, 0.15) is 19.7 Å². The zero-order chi connectivity index (χ0) is 18.6. The summed E-state index contributed by atoms with van der Waals surface area (Å²) >= 11 is 0. The second kappa shape index (κ2) is 7.35. The maximum Gasteiger partial charge on any atom is 0.263 e. The minimum atomic E-state index is -1.13. The monoisotopic (exact) mass is 354 g/mol. The average molecular weight is 354 g/mol. The van der Waals surface area contributed by atoms with Crippen molar-refractivity contribution in [2.24, 2.45) is 0 Å². The smallest absolute Gasteiger partial charge is 0.263 e. The summed E-state index contributed by atoms with van der Waals surface area (Å²) in [6, 6.07) is 15.1. The van der Waals surface area contributed by atoms with E-state index in [1.165, 1.54) is 24.3 Å². The Kier molecular flexibility index (Phi) is 4.97. The Morgan fingerprint density at radius 3 is 2.54 bits per heavy atom. The molecule has 6 nitrogen and oxygen atoms in total. The highest BCUT2D eigenvalue weighted by Gasteiger charge is 2.30. The predicted octanol–water partition coefficient (Wildman–Crippen LogP) is 2.88. The summed E-state index contributed by atoms with van der Waals surface area (Å²) in [5, 5.41) is 10.8. The molecular formula is C19H19FN4O2. The molecule has 26 heavy (non-hydrogen) atoms. The summed E-state index contributed by atoms with van der Waals surface area (Å²) in [6.07, 6.45) is 1.59. The first-order valence-electron chi connectivity index (χ1n) is 8.13. The Bertz CT molecular complexity index is 876. The lowest BCUT2D eigenvalue weighted by Gasteiger charge is -2.25. The van der Waals surface area contributed by atoms with Gasteiger partial charge in [-0.3, -0.25) is 9.36 Å². The number of para-hydroxylation sites is 1. The summed E-state index contributed by atoms with van der Waals surface area (Å²) in [5.74, 6) is 0.338. The number of nitrogens with zero attached hydrogens (tertiary/aromatic N) is 3. The molecule has 0 saturated carbocycles. The highest BCUT2D eigenvalue weighted by atomic mass is 19.1. The van der Waals surface area contributed by atoms with Crippen molar-refractivity contribution in [2.75, 3.05) is 0 Å². The van der Waals surface area contributed by atoms with Gasteiger partial charge in [0.25, 0.3) is 5.91 Å². The highest BCUT2D eigenvalue weighted by Crippen LogP contribution is 2.19. The first kappa shape index (κ1) is 17.6. The van der Waals surface area contributed by atoms with Gasteiger partial charge in [-0.15, -0.1) is 10.2 Å². The molecular weight excluding hydrogens is 335 g/mol. The fourth-order valence-corrected chi connectivity index (χ4v) is 2.40. The molecule has 0 atom stereocenters. The Hall–Kier alpha value is -3.22. The molecule has 3 aromatic rings. The third-order valence-corrected chi connectivity index (χ3v) is 3.79. The van der Waals surface area contributed by atoms with E-state index < -0.39 is 5.60 Å². The van der Waals surface area contributed by atoms with E-state index in [-0.39, 0.29) is 18.3 Å². The number of carbonyl (C=O) groups excluding carboxylic acids is 1. The Morgan fingerprint density at radius 1 is 1.15 bits per heavy atom. The summed E-state index contributed by atoms with van der Waals surface area (Å²) in [6.45, 7) is 3.49. The van der Waals surface area contributed by atoms with Gasteiger partial charge in [-0.2, -0.15) is 0 Å². The molecule has 0 saturated heterocycles. The van der Waals surface area contributed by atoms with Gasteiger partial charge < -0.3 is 10.1 Å². The van der Waals surface area contributed by atoms with Gasteiger partial charge in [0.05, 0.1) is 6.54 Å². The predicted molar refractivity (Wildman–Crippen MR) is 94.3 cm³/mol. The number of hydrogen-bond donors (Lipinski definition) is 1. The topological polar surface area (TPSA) is 69.0 Å². The quantitative estimate of drug-likeness (QED) is 0.739. The second-order valence-electron chi connectivity index (χ2n) is 6.20. The minimum absolute atomic E-state index is 0.198. The number of halogens is 1. The molecule has 0 aliphatic heterocycles. The van der Waals surface area contributed by atoms with Crippen molar-refractivity contribution >= 4 is 5.91 Å². The van der Waals surface area contributed by atoms with E-state index in [2.05, 4.69) is 15.5 Å². The van der Waals surface area contributed by atoms with Crippen LogP contribution in [0.2, 0.25) is 0 Å². The molecule has 1 N–H and O–H groups in total. The van der Waals surface area contributed by atoms with E-state index in [9.17, 15) is 9.18 Å². The van der Waals surface area contributed by atoms with Crippen LogP contribution in [-0.4, -0.2) is 26.3 Å². The Labute approximate surface area is 150 Å². The molecule has 0 aliphatic carbocycles. The van der Waals surface area contributed by atoms with Crippen LogP contribution in [-0.2, 0) is 11.3 Å². The number of ether oxygens (including phenoxy) is 1. The lowest BCUT2D eigenvalue weighted by molar-refractivity contribution is -0.134. The lowest BCUT2D eigenvalue weighted by atomic mass is 10.1. The van der Waals surface area contributed by atoms with Crippen molar-refractivity contribution in [2.45, 2.75) is 26.0 Å². The van der Waals surface area contributed by atoms with Gasteiger partial charge in [0.15, 0.2) is 11.4 Å². The number of carbonyl (C=O) groups is 1. The Balaban J connectivity index is 1.65. The van der Waals surface area contributed by atoms with Gasteiger partial charge in [0, 0.05) is 5.69 Å². The van der Waals surface area contributed by atoms with Crippen molar-refractivity contribution in [3.05, 3.63) is 72.6 Å². The van der Waals surface area contributed by atoms with Crippen molar-refractivity contribution in [1.82, 2.24) is 20.1 Å². The van der Waals surface area contributed by atoms with Crippen molar-refractivity contribution < 1.29 is 13.9 Å². The molecule has 134 valence electrons. The number of nitrogens with one attached hydrogen (secondary N) is 1. The van der Waals surface area contributed by atoms with Crippen LogP contribution in [0.3, 0.4) is 0 Å². The molecule has 0 spiro atoms. The summed E-state index contributed by atoms with van der Waals surface area (Å²) in [4.78, 5) is 12.5. The van der Waals surface area contributed by atoms with Crippen LogP contribution in [0.25, 0.3) is 5.69 Å². The zero-order valence-electron chi connectivity index (χ0n) is 14.5. The van der Waals surface area contributed by atoms with Crippen molar-refractivity contribution in [1.29, 1.82) is 0 Å². The molecule has 0 radical (unpaired) electrons. The number of aromatic nitrogens is 3. The van der Waals surface area contributed by atoms with E-state index in [1.54, 1.807) is 24.7 Å². The first-order chi connectivity index (χ1) is 12.5. The molecule has 0 bridgehead atoms. The Morgan fingerprint density at radius 2 is 1.85 bits per heavy atom. The van der Waals surface area contributed by atoms with Gasteiger partial charge in [-0.25, -0.2) is 4.39 Å². The normalized spacial score (nSPS) is 11.2. The van der Waals surface area contributed by atoms with Crippen molar-refractivity contribution in [3.63, 3.8) is 0 Å². The van der Waals surface area contributed by atoms with Gasteiger partial charge in [0.1, 0.15) is 17.9 Å². The third-order valence-electron chi connectivity index (χ3n) is 3.79. The maximum absolute atomic E-state index is 13.0. The molecule has 0 aliphatic rings. The van der Waals surface area contributed by atoms with E-state index in [1.807, 2.05) is 30.3 Å². The first-order valence-corrected chi connectivity index (χ1v) is 8.13. The van der Waals surface area contributed by atoms with E-state index in [0.717, 1.165) is 5.69 Å². The van der Waals surface area contributed by atoms with Gasteiger partial charge in [-0.05, 0) is 50.2 Å². The molecule has 2 aromatic carbocycles. The summed E-state index contributed by atoms with van der Waals surface area (Å²) in [7, 11) is 0. The van der Waals surface area contributed by atoms with E-state index in [0.29, 0.717) is 11.6 Å². The molecule has 0 fully saturated rings. The van der Waals surface area contributed by atoms with Crippen LogP contribution < -0.4 is 10.1 Å². The van der Waals surface area contributed by atoms with Crippen molar-refractivity contribution in [3.8, 4) is 11.4 Å². The van der Waals surface area contributed by atoms with Crippen LogP contribution >= 0.6 is 0 Å². The standard InChI is InChI=1S/C19H19FN4O2/c1-19(2,26-16-10-8-14(20)9-11-16)18(25)21-12-17-23-22-13-24(17)15-6-4-3-5-7-15/h3-11,13H,12H2,1-2H3,(H,21,25). The largest absolute Gasteiger partial charge is 0.478 e. The molecule has 7 heteroatoms. The van der Waals surface area contributed by atoms with Crippen LogP contribution in [0.4, 0.5) is 4.39 Å². The molecule has 1 aromatic heterocycles. The summed E-state index contributed by atoms with van der Waals surface area (Å²) in [5.41, 5.74) is -0.223. The van der Waals surface area contributed by atoms with Crippen LogP contribution in [0.15, 0.2) is 60.9 Å². The number of amides is 1. The van der Waals surface area contributed by atoms with Gasteiger partial charge >= 0.3 is 0 Å². The second-order valence-corrected chi connectivity index (χ2v) is 6.20. The minimum Gasteiger partial charge on any atom is -0.478 e. The SMILES string of the molecule is CC(C)(Oc1ccc(F)cc1)C(=O)NCc1nncn1-c1ccccc1. The molecule has 1 amide bonds. The lowest BCUT2D eigenvalue weighted by Crippen LogP contribution is -2.46. The van der Waals surface area contributed by atoms with E-state index >= 15 is 0 Å². The fraction of sp³-hybridized carbons (Fsp3) is 0.211. The van der Waals surface area contributed by atoms with Crippen LogP contribution in [0, 0.1) is 5.82 Å². The van der Waals surface area contributed by atoms with Gasteiger partial charge in [-0.1, -0.05) is 18.2 Å². The number of benzene rings is 2. The maximum atomic E-state index is 13.0. The molecule has 0 unspecified atom stereocenters. The average Bonchev–Trinajstić information content (AvgIpc) is 3.10. The van der Waals surface area contributed by atoms with E-state index in [4.69, 9.17) is 4.74 Å². The fourth-order valence-electron chi connectivity index (χ4n) is 2.40.